The monoisotopic (exact) mass is 276 g/mol. The van der Waals surface area contributed by atoms with Gasteiger partial charge in [-0.05, 0) is 11.5 Å². The van der Waals surface area contributed by atoms with Crippen LogP contribution in [0.5, 0.6) is 0 Å². The maximum absolute atomic E-state index is 10.7. The number of carbonyl (C=O) groups is 1. The van der Waals surface area contributed by atoms with E-state index in [0.29, 0.717) is 12.5 Å². The van der Waals surface area contributed by atoms with Crippen molar-refractivity contribution in [1.82, 2.24) is 10.3 Å². The van der Waals surface area contributed by atoms with E-state index in [4.69, 9.17) is 5.11 Å². The predicted molar refractivity (Wildman–Crippen MR) is 75.6 cm³/mol. The molecule has 0 bridgehead atoms. The van der Waals surface area contributed by atoms with E-state index >= 15 is 0 Å². The van der Waals surface area contributed by atoms with Crippen molar-refractivity contribution in [2.75, 3.05) is 6.54 Å². The Bertz CT molecular complexity index is 539. The molecule has 100 valence electrons. The molecule has 0 saturated heterocycles. The van der Waals surface area contributed by atoms with Crippen molar-refractivity contribution in [3.63, 3.8) is 0 Å². The van der Waals surface area contributed by atoms with Gasteiger partial charge in [-0.25, -0.2) is 9.78 Å². The summed E-state index contributed by atoms with van der Waals surface area (Å²) in [6, 6.07) is 10.3. The Morgan fingerprint density at radius 2 is 2.16 bits per heavy atom. The number of nitrogens with zero attached hydrogens (tertiary/aromatic N) is 1. The van der Waals surface area contributed by atoms with Crippen LogP contribution in [-0.2, 0) is 6.54 Å². The Hall–Kier alpha value is -1.72. The average molecular weight is 276 g/mol. The van der Waals surface area contributed by atoms with Crippen molar-refractivity contribution < 1.29 is 9.90 Å². The molecule has 1 heterocycles. The highest BCUT2D eigenvalue weighted by molar-refractivity contribution is 7.11. The summed E-state index contributed by atoms with van der Waals surface area (Å²) in [5, 5.41) is 14.0. The van der Waals surface area contributed by atoms with Gasteiger partial charge in [0.25, 0.3) is 0 Å². The van der Waals surface area contributed by atoms with Crippen LogP contribution in [0.3, 0.4) is 0 Å². The first-order chi connectivity index (χ1) is 9.16. The first-order valence-electron chi connectivity index (χ1n) is 6.10. The molecule has 0 spiro atoms. The zero-order chi connectivity index (χ0) is 13.7. The van der Waals surface area contributed by atoms with Crippen molar-refractivity contribution in [1.29, 1.82) is 0 Å². The molecule has 4 nitrogen and oxygen atoms in total. The van der Waals surface area contributed by atoms with Gasteiger partial charge in [0.15, 0.2) is 0 Å². The highest BCUT2D eigenvalue weighted by Crippen LogP contribution is 2.14. The Kier molecular flexibility index (Phi) is 4.65. The first-order valence-corrected chi connectivity index (χ1v) is 6.98. The van der Waals surface area contributed by atoms with Gasteiger partial charge in [0.1, 0.15) is 0 Å². The molecule has 0 fully saturated rings. The Labute approximate surface area is 116 Å². The Morgan fingerprint density at radius 1 is 1.42 bits per heavy atom. The number of nitrogens with one attached hydrogen (secondary N) is 1. The molecule has 19 heavy (non-hydrogen) atoms. The summed E-state index contributed by atoms with van der Waals surface area (Å²) < 4.78 is 0. The van der Waals surface area contributed by atoms with Crippen LogP contribution in [0.15, 0.2) is 35.7 Å². The first kappa shape index (κ1) is 13.7. The van der Waals surface area contributed by atoms with Crippen LogP contribution in [0.4, 0.5) is 0 Å². The van der Waals surface area contributed by atoms with E-state index in [1.165, 1.54) is 5.56 Å². The van der Waals surface area contributed by atoms with Gasteiger partial charge in [-0.15, -0.1) is 11.3 Å². The van der Waals surface area contributed by atoms with Crippen molar-refractivity contribution in [3.8, 4) is 0 Å². The number of hydrogen-bond donors (Lipinski definition) is 2. The third-order valence-electron chi connectivity index (χ3n) is 2.86. The fraction of sp³-hybridized carbons (Fsp3) is 0.286. The molecule has 0 amide bonds. The average Bonchev–Trinajstić information content (AvgIpc) is 2.89. The lowest BCUT2D eigenvalue weighted by atomic mass is 10.0. The largest absolute Gasteiger partial charge is 0.476 e. The summed E-state index contributed by atoms with van der Waals surface area (Å²) >= 11 is 1.16. The summed E-state index contributed by atoms with van der Waals surface area (Å²) in [5.41, 5.74) is 2.07. The molecule has 2 N–H and O–H groups in total. The third-order valence-corrected chi connectivity index (χ3v) is 3.74. The topological polar surface area (TPSA) is 62.2 Å². The summed E-state index contributed by atoms with van der Waals surface area (Å²) in [6.07, 6.45) is 0. The molecule has 0 aliphatic rings. The van der Waals surface area contributed by atoms with Gasteiger partial charge in [-0.2, -0.15) is 0 Å². The molecular formula is C14H16N2O2S. The molecule has 0 aliphatic carbocycles. The molecular weight excluding hydrogens is 260 g/mol. The lowest BCUT2D eigenvalue weighted by Gasteiger charge is -2.12. The highest BCUT2D eigenvalue weighted by Gasteiger charge is 2.09. The zero-order valence-corrected chi connectivity index (χ0v) is 11.5. The number of benzene rings is 1. The van der Waals surface area contributed by atoms with Gasteiger partial charge in [-0.1, -0.05) is 37.3 Å². The molecule has 1 aromatic carbocycles. The number of rotatable bonds is 6. The normalized spacial score (nSPS) is 12.3. The molecule has 0 radical (unpaired) electrons. The molecule has 1 aromatic heterocycles. The van der Waals surface area contributed by atoms with Gasteiger partial charge in [0.2, 0.25) is 5.01 Å². The third kappa shape index (κ3) is 3.87. The van der Waals surface area contributed by atoms with Crippen LogP contribution < -0.4 is 5.32 Å². The molecule has 0 aliphatic heterocycles. The van der Waals surface area contributed by atoms with Crippen LogP contribution in [0.1, 0.15) is 33.9 Å². The fourth-order valence-electron chi connectivity index (χ4n) is 1.80. The maximum atomic E-state index is 10.7. The minimum absolute atomic E-state index is 0.146. The van der Waals surface area contributed by atoms with E-state index < -0.39 is 5.97 Å². The molecule has 1 unspecified atom stereocenters. The summed E-state index contributed by atoms with van der Waals surface area (Å²) in [6.45, 7) is 3.59. The zero-order valence-electron chi connectivity index (χ0n) is 10.7. The molecule has 2 rings (SSSR count). The lowest BCUT2D eigenvalue weighted by Crippen LogP contribution is -2.19. The van der Waals surface area contributed by atoms with Crippen LogP contribution in [-0.4, -0.2) is 22.6 Å². The SMILES string of the molecule is CC(CNCc1csc(C(=O)O)n1)c1ccccc1. The van der Waals surface area contributed by atoms with E-state index in [1.54, 1.807) is 5.38 Å². The fourth-order valence-corrected chi connectivity index (χ4v) is 2.46. The van der Waals surface area contributed by atoms with E-state index in [-0.39, 0.29) is 5.01 Å². The number of aromatic nitrogens is 1. The number of carboxylic acids is 1. The van der Waals surface area contributed by atoms with Gasteiger partial charge in [-0.3, -0.25) is 0 Å². The second-order valence-corrected chi connectivity index (χ2v) is 5.25. The standard InChI is InChI=1S/C14H16N2O2S/c1-10(11-5-3-2-4-6-11)7-15-8-12-9-19-13(16-12)14(17)18/h2-6,9-10,15H,7-8H2,1H3,(H,17,18). The van der Waals surface area contributed by atoms with Gasteiger partial charge in [0, 0.05) is 18.5 Å². The molecule has 5 heteroatoms. The Balaban J connectivity index is 1.81. The second-order valence-electron chi connectivity index (χ2n) is 4.39. The predicted octanol–water partition coefficient (Wildman–Crippen LogP) is 2.73. The number of thiazole rings is 1. The number of hydrogen-bond acceptors (Lipinski definition) is 4. The second kappa shape index (κ2) is 6.45. The number of aromatic carboxylic acids is 1. The maximum Gasteiger partial charge on any atom is 0.365 e. The van der Waals surface area contributed by atoms with Crippen LogP contribution in [0.2, 0.25) is 0 Å². The van der Waals surface area contributed by atoms with Crippen LogP contribution in [0, 0.1) is 0 Å². The van der Waals surface area contributed by atoms with Gasteiger partial charge < -0.3 is 10.4 Å². The summed E-state index contributed by atoms with van der Waals surface area (Å²) in [4.78, 5) is 14.7. The van der Waals surface area contributed by atoms with Crippen molar-refractivity contribution in [2.45, 2.75) is 19.4 Å². The lowest BCUT2D eigenvalue weighted by molar-refractivity contribution is 0.0696. The molecule has 0 saturated carbocycles. The van der Waals surface area contributed by atoms with Crippen LogP contribution in [0.25, 0.3) is 0 Å². The van der Waals surface area contributed by atoms with E-state index in [2.05, 4.69) is 29.4 Å². The smallest absolute Gasteiger partial charge is 0.365 e. The minimum atomic E-state index is -0.964. The van der Waals surface area contributed by atoms with Crippen molar-refractivity contribution in [3.05, 3.63) is 52.0 Å². The van der Waals surface area contributed by atoms with Crippen molar-refractivity contribution >= 4 is 17.3 Å². The highest BCUT2D eigenvalue weighted by atomic mass is 32.1. The molecule has 2 aromatic rings. The quantitative estimate of drug-likeness (QED) is 0.851. The molecule has 1 atom stereocenters. The van der Waals surface area contributed by atoms with Crippen LogP contribution >= 0.6 is 11.3 Å². The van der Waals surface area contributed by atoms with Crippen molar-refractivity contribution in [2.24, 2.45) is 0 Å². The summed E-state index contributed by atoms with van der Waals surface area (Å²) in [7, 11) is 0. The van der Waals surface area contributed by atoms with E-state index in [1.807, 2.05) is 18.2 Å². The van der Waals surface area contributed by atoms with E-state index in [0.717, 1.165) is 23.6 Å². The van der Waals surface area contributed by atoms with Gasteiger partial charge >= 0.3 is 5.97 Å². The number of carboxylic acid groups (broad SMARTS) is 1. The van der Waals surface area contributed by atoms with E-state index in [9.17, 15) is 4.79 Å². The summed E-state index contributed by atoms with van der Waals surface area (Å²) in [5.74, 6) is -0.548. The Morgan fingerprint density at radius 3 is 2.79 bits per heavy atom. The van der Waals surface area contributed by atoms with Gasteiger partial charge in [0.05, 0.1) is 5.69 Å². The minimum Gasteiger partial charge on any atom is -0.476 e.